The van der Waals surface area contributed by atoms with Crippen LogP contribution in [0.4, 0.5) is 11.6 Å². The molecule has 1 unspecified atom stereocenters. The van der Waals surface area contributed by atoms with Gasteiger partial charge in [0.25, 0.3) is 5.69 Å². The third-order valence-corrected chi connectivity index (χ3v) is 5.85. The molecule has 0 spiro atoms. The molecule has 1 aliphatic carbocycles. The van der Waals surface area contributed by atoms with Gasteiger partial charge in [-0.2, -0.15) is 4.98 Å². The SMILES string of the molecule is CC1(C)CC(=O)C2=C(C1)Nc1nc(-c3ccc([N+](=O)[O-])cc3)nn1C2c1cccc(O)c1. The van der Waals surface area contributed by atoms with E-state index in [9.17, 15) is 20.0 Å². The van der Waals surface area contributed by atoms with Crippen LogP contribution in [-0.4, -0.2) is 30.6 Å². The van der Waals surface area contributed by atoms with Gasteiger partial charge in [-0.3, -0.25) is 14.9 Å². The highest BCUT2D eigenvalue weighted by molar-refractivity contribution is 6.00. The van der Waals surface area contributed by atoms with Crippen molar-refractivity contribution in [3.63, 3.8) is 0 Å². The third kappa shape index (κ3) is 3.31. The number of nitro groups is 1. The molecule has 1 atom stereocenters. The number of fused-ring (bicyclic) bond motifs is 1. The molecule has 2 heterocycles. The number of ketones is 1. The fourth-order valence-corrected chi connectivity index (χ4v) is 4.47. The predicted molar refractivity (Wildman–Crippen MR) is 117 cm³/mol. The first kappa shape index (κ1) is 19.9. The summed E-state index contributed by atoms with van der Waals surface area (Å²) in [5.74, 6) is 1.01. The molecule has 3 aromatic rings. The second-order valence-corrected chi connectivity index (χ2v) is 8.96. The number of nitro benzene ring substituents is 1. The molecule has 2 aromatic carbocycles. The molecule has 0 saturated heterocycles. The zero-order valence-corrected chi connectivity index (χ0v) is 17.6. The number of rotatable bonds is 3. The van der Waals surface area contributed by atoms with Crippen LogP contribution in [0.1, 0.15) is 38.3 Å². The summed E-state index contributed by atoms with van der Waals surface area (Å²) in [5, 5.41) is 29.0. The van der Waals surface area contributed by atoms with Crippen LogP contribution in [0.15, 0.2) is 59.8 Å². The van der Waals surface area contributed by atoms with Crippen molar-refractivity contribution in [3.8, 4) is 17.1 Å². The van der Waals surface area contributed by atoms with Crippen molar-refractivity contribution >= 4 is 17.4 Å². The lowest BCUT2D eigenvalue weighted by atomic mass is 9.73. The molecular formula is C23H21N5O4. The molecule has 0 bridgehead atoms. The van der Waals surface area contributed by atoms with E-state index in [4.69, 9.17) is 0 Å². The summed E-state index contributed by atoms with van der Waals surface area (Å²) in [6.45, 7) is 4.11. The molecule has 2 aliphatic rings. The van der Waals surface area contributed by atoms with Gasteiger partial charge in [0, 0.05) is 35.4 Å². The number of hydrogen-bond acceptors (Lipinski definition) is 7. The van der Waals surface area contributed by atoms with E-state index >= 15 is 0 Å². The average Bonchev–Trinajstić information content (AvgIpc) is 3.15. The first-order valence-electron chi connectivity index (χ1n) is 10.3. The standard InChI is InChI=1S/C23H21N5O4/c1-23(2)11-17-19(18(30)12-23)20(14-4-3-5-16(29)10-14)27-22(24-17)25-21(26-27)13-6-8-15(9-7-13)28(31)32/h3-10,20,29H,11-12H2,1-2H3,(H,24,25,26). The lowest BCUT2D eigenvalue weighted by molar-refractivity contribution is -0.384. The Morgan fingerprint density at radius 1 is 1.19 bits per heavy atom. The molecule has 0 saturated carbocycles. The quantitative estimate of drug-likeness (QED) is 0.470. The van der Waals surface area contributed by atoms with Gasteiger partial charge >= 0.3 is 0 Å². The maximum Gasteiger partial charge on any atom is 0.269 e. The van der Waals surface area contributed by atoms with Gasteiger partial charge in [-0.05, 0) is 41.7 Å². The Bertz CT molecular complexity index is 1290. The number of nitrogens with one attached hydrogen (secondary N) is 1. The van der Waals surface area contributed by atoms with E-state index in [0.717, 1.165) is 11.3 Å². The van der Waals surface area contributed by atoms with E-state index in [1.165, 1.54) is 12.1 Å². The smallest absolute Gasteiger partial charge is 0.269 e. The molecule has 5 rings (SSSR count). The van der Waals surface area contributed by atoms with Gasteiger partial charge in [-0.25, -0.2) is 4.68 Å². The summed E-state index contributed by atoms with van der Waals surface area (Å²) < 4.78 is 1.65. The monoisotopic (exact) mass is 431 g/mol. The van der Waals surface area contributed by atoms with Gasteiger partial charge in [0.15, 0.2) is 11.6 Å². The Balaban J connectivity index is 1.65. The molecule has 0 fully saturated rings. The predicted octanol–water partition coefficient (Wildman–Crippen LogP) is 4.22. The minimum Gasteiger partial charge on any atom is -0.508 e. The lowest BCUT2D eigenvalue weighted by Gasteiger charge is -2.38. The summed E-state index contributed by atoms with van der Waals surface area (Å²) in [5.41, 5.74) is 2.60. The van der Waals surface area contributed by atoms with Crippen molar-refractivity contribution in [2.24, 2.45) is 5.41 Å². The van der Waals surface area contributed by atoms with Gasteiger partial charge in [-0.15, -0.1) is 5.10 Å². The number of allylic oxidation sites excluding steroid dienone is 2. The van der Waals surface area contributed by atoms with Crippen molar-refractivity contribution in [3.05, 3.63) is 75.5 Å². The second kappa shape index (κ2) is 7.01. The van der Waals surface area contributed by atoms with E-state index in [-0.39, 0.29) is 22.6 Å². The van der Waals surface area contributed by atoms with Gasteiger partial charge in [-0.1, -0.05) is 26.0 Å². The summed E-state index contributed by atoms with van der Waals surface area (Å²) in [6, 6.07) is 12.3. The van der Waals surface area contributed by atoms with Gasteiger partial charge in [0.2, 0.25) is 5.95 Å². The number of aromatic nitrogens is 3. The summed E-state index contributed by atoms with van der Waals surface area (Å²) >= 11 is 0. The van der Waals surface area contributed by atoms with Gasteiger partial charge in [0.05, 0.1) is 4.92 Å². The normalized spacial score (nSPS) is 19.2. The van der Waals surface area contributed by atoms with Gasteiger partial charge < -0.3 is 10.4 Å². The largest absolute Gasteiger partial charge is 0.508 e. The molecule has 0 amide bonds. The van der Waals surface area contributed by atoms with E-state index in [2.05, 4.69) is 29.2 Å². The van der Waals surface area contributed by atoms with Crippen molar-refractivity contribution < 1.29 is 14.8 Å². The molecule has 9 nitrogen and oxygen atoms in total. The topological polar surface area (TPSA) is 123 Å². The molecule has 2 N–H and O–H groups in total. The number of nitrogens with zero attached hydrogens (tertiary/aromatic N) is 4. The number of carbonyl (C=O) groups excluding carboxylic acids is 1. The van der Waals surface area contributed by atoms with Crippen LogP contribution < -0.4 is 5.32 Å². The number of aromatic hydroxyl groups is 1. The van der Waals surface area contributed by atoms with Crippen molar-refractivity contribution in [1.29, 1.82) is 0 Å². The van der Waals surface area contributed by atoms with E-state index < -0.39 is 11.0 Å². The minimum atomic E-state index is -0.531. The maximum atomic E-state index is 13.2. The molecule has 1 aliphatic heterocycles. The van der Waals surface area contributed by atoms with E-state index in [1.54, 1.807) is 35.0 Å². The maximum absolute atomic E-state index is 13.2. The lowest BCUT2D eigenvalue weighted by Crippen LogP contribution is -2.36. The number of anilines is 1. The zero-order valence-electron chi connectivity index (χ0n) is 17.6. The highest BCUT2D eigenvalue weighted by Crippen LogP contribution is 2.46. The first-order chi connectivity index (χ1) is 15.2. The van der Waals surface area contributed by atoms with E-state index in [0.29, 0.717) is 35.8 Å². The second-order valence-electron chi connectivity index (χ2n) is 8.96. The van der Waals surface area contributed by atoms with E-state index in [1.807, 2.05) is 6.07 Å². The van der Waals surface area contributed by atoms with Crippen LogP contribution in [0.25, 0.3) is 11.4 Å². The Morgan fingerprint density at radius 2 is 1.94 bits per heavy atom. The Kier molecular flexibility index (Phi) is 4.37. The number of hydrogen-bond donors (Lipinski definition) is 2. The highest BCUT2D eigenvalue weighted by atomic mass is 16.6. The number of Topliss-reactive ketones (excluding diaryl/α,β-unsaturated/α-hetero) is 1. The zero-order chi connectivity index (χ0) is 22.6. The molecule has 162 valence electrons. The fourth-order valence-electron chi connectivity index (χ4n) is 4.47. The molecular weight excluding hydrogens is 410 g/mol. The summed E-state index contributed by atoms with van der Waals surface area (Å²) in [7, 11) is 0. The Morgan fingerprint density at radius 3 is 2.62 bits per heavy atom. The van der Waals surface area contributed by atoms with Gasteiger partial charge in [0.1, 0.15) is 11.8 Å². The van der Waals surface area contributed by atoms with Crippen LogP contribution in [0.5, 0.6) is 5.75 Å². The molecule has 0 radical (unpaired) electrons. The molecule has 1 aromatic heterocycles. The number of benzene rings is 2. The fraction of sp³-hybridized carbons (Fsp3) is 0.261. The summed E-state index contributed by atoms with van der Waals surface area (Å²) in [4.78, 5) is 28.3. The number of phenolic OH excluding ortho intramolecular Hbond substituents is 1. The Hall–Kier alpha value is -4.01. The highest BCUT2D eigenvalue weighted by Gasteiger charge is 2.42. The van der Waals surface area contributed by atoms with Crippen molar-refractivity contribution in [1.82, 2.24) is 14.8 Å². The van der Waals surface area contributed by atoms with Crippen LogP contribution in [0, 0.1) is 15.5 Å². The number of non-ortho nitro benzene ring substituents is 1. The molecule has 32 heavy (non-hydrogen) atoms. The van der Waals surface area contributed by atoms with Crippen molar-refractivity contribution in [2.45, 2.75) is 32.7 Å². The Labute approximate surface area is 183 Å². The van der Waals surface area contributed by atoms with Crippen LogP contribution in [0.2, 0.25) is 0 Å². The van der Waals surface area contributed by atoms with Crippen LogP contribution in [-0.2, 0) is 4.79 Å². The third-order valence-electron chi connectivity index (χ3n) is 5.85. The number of carbonyl (C=O) groups is 1. The van der Waals surface area contributed by atoms with Crippen molar-refractivity contribution in [2.75, 3.05) is 5.32 Å². The first-order valence-corrected chi connectivity index (χ1v) is 10.3. The molecule has 9 heteroatoms. The minimum absolute atomic E-state index is 0.0153. The average molecular weight is 431 g/mol. The number of phenols is 1. The van der Waals surface area contributed by atoms with Crippen LogP contribution in [0.3, 0.4) is 0 Å². The summed E-state index contributed by atoms with van der Waals surface area (Å²) in [6.07, 6.45) is 1.10. The van der Waals surface area contributed by atoms with Crippen LogP contribution >= 0.6 is 0 Å².